The Hall–Kier alpha value is -0.280. The molecule has 0 unspecified atom stereocenters. The van der Waals surface area contributed by atoms with E-state index in [1.807, 2.05) is 0 Å². The molecule has 0 aliphatic carbocycles. The van der Waals surface area contributed by atoms with E-state index in [9.17, 15) is 4.79 Å². The predicted molar refractivity (Wildman–Crippen MR) is 49.4 cm³/mol. The maximum Gasteiger partial charge on any atom is 0.309 e. The van der Waals surface area contributed by atoms with E-state index in [1.54, 1.807) is 0 Å². The molecule has 0 saturated carbocycles. The average molecular weight is 194 g/mol. The van der Waals surface area contributed by atoms with Crippen molar-refractivity contribution in [2.45, 2.75) is 13.3 Å². The third-order valence-corrected chi connectivity index (χ3v) is 2.29. The summed E-state index contributed by atoms with van der Waals surface area (Å²) in [5, 5.41) is 3.24. The van der Waals surface area contributed by atoms with Crippen molar-refractivity contribution in [3.8, 4) is 0 Å². The maximum atomic E-state index is 11.1. The Kier molecular flexibility index (Phi) is 5.25. The molecule has 1 N–H and O–H groups in total. The number of carbonyl (C=O) groups excluding carboxylic acids is 1. The van der Waals surface area contributed by atoms with Crippen LogP contribution in [0.15, 0.2) is 0 Å². The molecule has 3 nitrogen and oxygen atoms in total. The van der Waals surface area contributed by atoms with Crippen molar-refractivity contribution in [3.63, 3.8) is 0 Å². The molecule has 1 aliphatic rings. The van der Waals surface area contributed by atoms with E-state index in [4.69, 9.17) is 4.74 Å². The van der Waals surface area contributed by atoms with E-state index in [0.717, 1.165) is 19.5 Å². The minimum Gasteiger partial charge on any atom is -0.469 e. The van der Waals surface area contributed by atoms with E-state index < -0.39 is 0 Å². The predicted octanol–water partition coefficient (Wildman–Crippen LogP) is 0.827. The Bertz CT molecular complexity index is 152. The van der Waals surface area contributed by atoms with Gasteiger partial charge in [-0.3, -0.25) is 4.79 Å². The largest absolute Gasteiger partial charge is 0.469 e. The highest BCUT2D eigenvalue weighted by Crippen LogP contribution is 2.19. The van der Waals surface area contributed by atoms with Crippen molar-refractivity contribution in [1.82, 2.24) is 5.32 Å². The van der Waals surface area contributed by atoms with Crippen LogP contribution in [-0.4, -0.2) is 26.2 Å². The zero-order valence-corrected chi connectivity index (χ0v) is 8.32. The highest BCUT2D eigenvalue weighted by atomic mass is 35.5. The van der Waals surface area contributed by atoms with Crippen LogP contribution in [0.5, 0.6) is 0 Å². The summed E-state index contributed by atoms with van der Waals surface area (Å²) in [6.45, 7) is 3.94. The molecule has 1 aliphatic heterocycles. The zero-order valence-electron chi connectivity index (χ0n) is 7.50. The number of halogens is 1. The fourth-order valence-electron chi connectivity index (χ4n) is 1.52. The first-order valence-corrected chi connectivity index (χ1v) is 4.04. The summed E-state index contributed by atoms with van der Waals surface area (Å²) in [4.78, 5) is 11.1. The smallest absolute Gasteiger partial charge is 0.309 e. The van der Waals surface area contributed by atoms with Crippen molar-refractivity contribution in [1.29, 1.82) is 0 Å². The van der Waals surface area contributed by atoms with Crippen LogP contribution in [0.25, 0.3) is 0 Å². The fraction of sp³-hybridized carbons (Fsp3) is 0.875. The second-order valence-corrected chi connectivity index (χ2v) is 3.10. The van der Waals surface area contributed by atoms with Gasteiger partial charge < -0.3 is 10.1 Å². The van der Waals surface area contributed by atoms with Gasteiger partial charge in [0.1, 0.15) is 0 Å². The lowest BCUT2D eigenvalue weighted by atomic mass is 9.88. The Balaban J connectivity index is 0.00000121. The number of piperidine rings is 1. The van der Waals surface area contributed by atoms with E-state index in [0.29, 0.717) is 5.92 Å². The van der Waals surface area contributed by atoms with E-state index in [2.05, 4.69) is 12.2 Å². The molecule has 1 heterocycles. The molecule has 0 aromatic heterocycles. The first-order chi connectivity index (χ1) is 5.25. The Labute approximate surface area is 79.3 Å². The molecule has 4 heteroatoms. The summed E-state index contributed by atoms with van der Waals surface area (Å²) >= 11 is 0. The van der Waals surface area contributed by atoms with E-state index in [1.165, 1.54) is 7.11 Å². The van der Waals surface area contributed by atoms with Gasteiger partial charge >= 0.3 is 5.97 Å². The van der Waals surface area contributed by atoms with Gasteiger partial charge in [-0.15, -0.1) is 12.4 Å². The van der Waals surface area contributed by atoms with E-state index in [-0.39, 0.29) is 24.3 Å². The third kappa shape index (κ3) is 2.64. The monoisotopic (exact) mass is 193 g/mol. The van der Waals surface area contributed by atoms with Gasteiger partial charge in [0.05, 0.1) is 13.0 Å². The molecule has 1 rings (SSSR count). The Morgan fingerprint density at radius 2 is 2.25 bits per heavy atom. The molecule has 0 aromatic rings. The lowest BCUT2D eigenvalue weighted by Gasteiger charge is -2.26. The van der Waals surface area contributed by atoms with Gasteiger partial charge in [0, 0.05) is 0 Å². The molecule has 0 spiro atoms. The Morgan fingerprint density at radius 1 is 1.58 bits per heavy atom. The van der Waals surface area contributed by atoms with Crippen molar-refractivity contribution >= 4 is 18.4 Å². The van der Waals surface area contributed by atoms with Crippen LogP contribution in [0.2, 0.25) is 0 Å². The summed E-state index contributed by atoms with van der Waals surface area (Å²) in [6, 6.07) is 0. The molecule has 1 fully saturated rings. The number of ether oxygens (including phenoxy) is 1. The quantitative estimate of drug-likeness (QED) is 0.627. The summed E-state index contributed by atoms with van der Waals surface area (Å²) in [5.74, 6) is 0.469. The molecule has 0 amide bonds. The fourth-order valence-corrected chi connectivity index (χ4v) is 1.52. The number of carbonyl (C=O) groups is 1. The Morgan fingerprint density at radius 3 is 2.75 bits per heavy atom. The molecular weight excluding hydrogens is 178 g/mol. The molecule has 0 aromatic carbocycles. The SMILES string of the molecule is COC(=O)[C@H]1CCNC[C@H]1C.Cl. The molecule has 2 atom stereocenters. The molecular formula is C8H16ClNO2. The molecule has 12 heavy (non-hydrogen) atoms. The normalized spacial score (nSPS) is 28.8. The van der Waals surface area contributed by atoms with Crippen LogP contribution in [0.4, 0.5) is 0 Å². The minimum absolute atomic E-state index is 0. The van der Waals surface area contributed by atoms with Crippen LogP contribution in [0.3, 0.4) is 0 Å². The number of hydrogen-bond donors (Lipinski definition) is 1. The van der Waals surface area contributed by atoms with Gasteiger partial charge in [-0.2, -0.15) is 0 Å². The minimum atomic E-state index is -0.0565. The van der Waals surface area contributed by atoms with Crippen LogP contribution in [0.1, 0.15) is 13.3 Å². The van der Waals surface area contributed by atoms with Gasteiger partial charge in [-0.05, 0) is 25.4 Å². The number of nitrogens with one attached hydrogen (secondary N) is 1. The lowest BCUT2D eigenvalue weighted by Crippen LogP contribution is -2.39. The summed E-state index contributed by atoms with van der Waals surface area (Å²) < 4.78 is 4.69. The maximum absolute atomic E-state index is 11.1. The number of methoxy groups -OCH3 is 1. The average Bonchev–Trinajstić information content (AvgIpc) is 2.04. The lowest BCUT2D eigenvalue weighted by molar-refractivity contribution is -0.148. The van der Waals surface area contributed by atoms with E-state index >= 15 is 0 Å². The third-order valence-electron chi connectivity index (χ3n) is 2.29. The standard InChI is InChI=1S/C8H15NO2.ClH/c1-6-5-9-4-3-7(6)8(10)11-2;/h6-7,9H,3-5H2,1-2H3;1H/t6-,7+;/m1./s1. The van der Waals surface area contributed by atoms with Crippen LogP contribution < -0.4 is 5.32 Å². The first kappa shape index (κ1) is 11.7. The number of hydrogen-bond acceptors (Lipinski definition) is 3. The molecule has 1 saturated heterocycles. The number of rotatable bonds is 1. The number of esters is 1. The zero-order chi connectivity index (χ0) is 8.27. The van der Waals surface area contributed by atoms with Crippen molar-refractivity contribution in [2.24, 2.45) is 11.8 Å². The van der Waals surface area contributed by atoms with Gasteiger partial charge in [0.2, 0.25) is 0 Å². The summed E-state index contributed by atoms with van der Waals surface area (Å²) in [5.41, 5.74) is 0. The summed E-state index contributed by atoms with van der Waals surface area (Å²) in [6.07, 6.45) is 0.911. The van der Waals surface area contributed by atoms with Crippen molar-refractivity contribution < 1.29 is 9.53 Å². The molecule has 0 radical (unpaired) electrons. The highest BCUT2D eigenvalue weighted by Gasteiger charge is 2.27. The molecule has 0 bridgehead atoms. The van der Waals surface area contributed by atoms with Gasteiger partial charge in [-0.1, -0.05) is 6.92 Å². The van der Waals surface area contributed by atoms with Crippen molar-refractivity contribution in [2.75, 3.05) is 20.2 Å². The second kappa shape index (κ2) is 5.38. The van der Waals surface area contributed by atoms with Crippen molar-refractivity contribution in [3.05, 3.63) is 0 Å². The van der Waals surface area contributed by atoms with Gasteiger partial charge in [0.15, 0.2) is 0 Å². The van der Waals surface area contributed by atoms with Gasteiger partial charge in [-0.25, -0.2) is 0 Å². The molecule has 72 valence electrons. The highest BCUT2D eigenvalue weighted by molar-refractivity contribution is 5.85. The summed E-state index contributed by atoms with van der Waals surface area (Å²) in [7, 11) is 1.46. The second-order valence-electron chi connectivity index (χ2n) is 3.10. The topological polar surface area (TPSA) is 38.3 Å². The van der Waals surface area contributed by atoms with Crippen LogP contribution in [0, 0.1) is 11.8 Å². The van der Waals surface area contributed by atoms with Crippen LogP contribution in [-0.2, 0) is 9.53 Å². The van der Waals surface area contributed by atoms with Crippen LogP contribution >= 0.6 is 12.4 Å². The first-order valence-electron chi connectivity index (χ1n) is 4.04. The van der Waals surface area contributed by atoms with Gasteiger partial charge in [0.25, 0.3) is 0 Å².